The Hall–Kier alpha value is -2.29. The van der Waals surface area contributed by atoms with Gasteiger partial charge >= 0.3 is 0 Å². The number of fused-ring (bicyclic) bond motifs is 1. The molecule has 3 aromatic rings. The second kappa shape index (κ2) is 3.38. The number of hydrogen-bond donors (Lipinski definition) is 1. The smallest absolute Gasteiger partial charge is 0.259 e. The zero-order valence-electron chi connectivity index (χ0n) is 8.55. The van der Waals surface area contributed by atoms with E-state index in [4.69, 9.17) is 0 Å². The molecule has 0 saturated carbocycles. The van der Waals surface area contributed by atoms with Crippen molar-refractivity contribution in [2.45, 2.75) is 0 Å². The molecule has 1 heterocycles. The second-order valence-electron chi connectivity index (χ2n) is 3.67. The molecule has 0 bridgehead atoms. The fourth-order valence-electron chi connectivity index (χ4n) is 1.93. The topological polar surface area (TPSA) is 42.7 Å². The van der Waals surface area contributed by atoms with Gasteiger partial charge in [-0.25, -0.2) is 0 Å². The molecule has 3 nitrogen and oxygen atoms in total. The van der Waals surface area contributed by atoms with Crippen LogP contribution in [-0.4, -0.2) is 5.10 Å². The number of rotatable bonds is 1. The molecule has 3 heteroatoms. The van der Waals surface area contributed by atoms with Gasteiger partial charge in [0.25, 0.3) is 5.69 Å². The molecule has 0 fully saturated rings. The van der Waals surface area contributed by atoms with Crippen LogP contribution in [0.1, 0.15) is 0 Å². The molecule has 2 aromatic carbocycles. The third kappa shape index (κ3) is 1.26. The third-order valence-electron chi connectivity index (χ3n) is 2.65. The lowest BCUT2D eigenvalue weighted by Gasteiger charge is -1.97. The molecule has 0 aliphatic carbocycles. The maximum atomic E-state index is 11.8. The van der Waals surface area contributed by atoms with E-state index < -0.39 is 0 Å². The predicted octanol–water partition coefficient (Wildman–Crippen LogP) is 2.47. The maximum absolute atomic E-state index is 11.8. The summed E-state index contributed by atoms with van der Waals surface area (Å²) in [5.74, 6) is 0. The van der Waals surface area contributed by atoms with Crippen LogP contribution in [-0.2, 0) is 0 Å². The highest BCUT2D eigenvalue weighted by Crippen LogP contribution is 2.23. The molecule has 78 valence electrons. The summed E-state index contributed by atoms with van der Waals surface area (Å²) < 4.78 is 0. The predicted molar refractivity (Wildman–Crippen MR) is 62.7 cm³/mol. The van der Waals surface area contributed by atoms with Gasteiger partial charge in [-0.3, -0.25) is 0 Å². The highest BCUT2D eigenvalue weighted by atomic mass is 16.5. The number of aromatic nitrogens is 2. The number of aromatic amines is 1. The molecule has 0 aliphatic rings. The number of nitrogens with zero attached hydrogens (tertiary/aromatic N) is 1. The Morgan fingerprint density at radius 2 is 1.56 bits per heavy atom. The first kappa shape index (κ1) is 8.97. The van der Waals surface area contributed by atoms with Crippen LogP contribution >= 0.6 is 0 Å². The van der Waals surface area contributed by atoms with Crippen LogP contribution < -0.4 is 4.85 Å². The van der Waals surface area contributed by atoms with Gasteiger partial charge in [0.1, 0.15) is 5.52 Å². The van der Waals surface area contributed by atoms with Crippen molar-refractivity contribution in [3.63, 3.8) is 0 Å². The Balaban J connectivity index is 2.35. The number of para-hydroxylation sites is 1. The molecule has 0 saturated heterocycles. The van der Waals surface area contributed by atoms with E-state index in [-0.39, 0.29) is 0 Å². The number of H-pyrrole nitrogens is 1. The molecule has 16 heavy (non-hydrogen) atoms. The molecule has 0 unspecified atom stereocenters. The van der Waals surface area contributed by atoms with E-state index >= 15 is 0 Å². The number of benzene rings is 2. The van der Waals surface area contributed by atoms with E-state index in [0.29, 0.717) is 5.69 Å². The van der Waals surface area contributed by atoms with Gasteiger partial charge in [0.2, 0.25) is 0 Å². The molecule has 3 rings (SSSR count). The average molecular weight is 210 g/mol. The maximum Gasteiger partial charge on any atom is 0.259 e. The fourth-order valence-corrected chi connectivity index (χ4v) is 1.93. The monoisotopic (exact) mass is 210 g/mol. The number of nitrogens with one attached hydrogen (secondary N) is 1. The fraction of sp³-hybridized carbons (Fsp3) is 0. The quantitative estimate of drug-likeness (QED) is 0.486. The minimum absolute atomic E-state index is 0.677. The Labute approximate surface area is 92.5 Å². The molecule has 0 radical (unpaired) electrons. The minimum atomic E-state index is 0.677. The van der Waals surface area contributed by atoms with Gasteiger partial charge in [-0.05, 0) is 24.3 Å². The highest BCUT2D eigenvalue weighted by molar-refractivity contribution is 5.90. The Morgan fingerprint density at radius 1 is 0.875 bits per heavy atom. The summed E-state index contributed by atoms with van der Waals surface area (Å²) in [6.45, 7) is 0. The Morgan fingerprint density at radius 3 is 2.38 bits per heavy atom. The van der Waals surface area contributed by atoms with E-state index in [0.717, 1.165) is 21.3 Å². The van der Waals surface area contributed by atoms with Crippen LogP contribution in [0.25, 0.3) is 22.2 Å². The van der Waals surface area contributed by atoms with Crippen LogP contribution in [0, 0.1) is 5.21 Å². The van der Waals surface area contributed by atoms with E-state index in [9.17, 15) is 5.21 Å². The van der Waals surface area contributed by atoms with Crippen molar-refractivity contribution in [2.75, 3.05) is 0 Å². The van der Waals surface area contributed by atoms with E-state index in [2.05, 4.69) is 5.10 Å². The molecule has 1 N–H and O–H groups in total. The van der Waals surface area contributed by atoms with Crippen LogP contribution in [0.2, 0.25) is 0 Å². The lowest BCUT2D eigenvalue weighted by molar-refractivity contribution is -0.651. The first-order chi connectivity index (χ1) is 7.86. The largest absolute Gasteiger partial charge is 0.596 e. The third-order valence-corrected chi connectivity index (χ3v) is 2.65. The Kier molecular flexibility index (Phi) is 1.90. The van der Waals surface area contributed by atoms with E-state index in [1.807, 2.05) is 54.6 Å². The zero-order valence-corrected chi connectivity index (χ0v) is 8.55. The minimum Gasteiger partial charge on any atom is -0.596 e. The van der Waals surface area contributed by atoms with Gasteiger partial charge in [0, 0.05) is 0 Å². The molecule has 0 atom stereocenters. The lowest BCUT2D eigenvalue weighted by Crippen LogP contribution is -2.29. The lowest BCUT2D eigenvalue weighted by atomic mass is 10.1. The first-order valence-corrected chi connectivity index (χ1v) is 5.12. The summed E-state index contributed by atoms with van der Waals surface area (Å²) in [5, 5.41) is 15.5. The summed E-state index contributed by atoms with van der Waals surface area (Å²) in [6, 6.07) is 17.4. The van der Waals surface area contributed by atoms with Crippen molar-refractivity contribution in [1.29, 1.82) is 0 Å². The van der Waals surface area contributed by atoms with Gasteiger partial charge in [-0.2, -0.15) is 5.10 Å². The van der Waals surface area contributed by atoms with E-state index in [1.54, 1.807) is 0 Å². The van der Waals surface area contributed by atoms with Crippen LogP contribution in [0.5, 0.6) is 0 Å². The van der Waals surface area contributed by atoms with Crippen molar-refractivity contribution in [3.05, 3.63) is 59.8 Å². The van der Waals surface area contributed by atoms with Gasteiger partial charge in [-0.1, -0.05) is 35.2 Å². The van der Waals surface area contributed by atoms with Gasteiger partial charge in [-0.15, -0.1) is 0 Å². The standard InChI is InChI=1S/C13H10N2O/c16-15-13(10-6-2-1-3-7-10)11-8-4-5-9-12(11)14-15/h1-9,14H. The van der Waals surface area contributed by atoms with Crippen LogP contribution in [0.4, 0.5) is 0 Å². The van der Waals surface area contributed by atoms with E-state index in [1.165, 1.54) is 0 Å². The van der Waals surface area contributed by atoms with Crippen molar-refractivity contribution >= 4 is 10.9 Å². The molecule has 0 spiro atoms. The van der Waals surface area contributed by atoms with Gasteiger partial charge < -0.3 is 5.21 Å². The highest BCUT2D eigenvalue weighted by Gasteiger charge is 2.16. The Bertz CT molecular complexity index is 629. The van der Waals surface area contributed by atoms with Crippen molar-refractivity contribution in [1.82, 2.24) is 5.10 Å². The molecular formula is C13H10N2O. The summed E-state index contributed by atoms with van der Waals surface area (Å²) in [6.07, 6.45) is 0. The number of hydrogen-bond acceptors (Lipinski definition) is 1. The SMILES string of the molecule is [O-][n+]1[nH]c2ccccc2c1-c1ccccc1. The first-order valence-electron chi connectivity index (χ1n) is 5.12. The molecule has 0 aliphatic heterocycles. The van der Waals surface area contributed by atoms with Crippen molar-refractivity contribution < 1.29 is 4.85 Å². The average Bonchev–Trinajstić information content (AvgIpc) is 2.66. The van der Waals surface area contributed by atoms with Gasteiger partial charge in [0.15, 0.2) is 0 Å². The summed E-state index contributed by atoms with van der Waals surface area (Å²) in [5.41, 5.74) is 2.46. The molecule has 0 amide bonds. The van der Waals surface area contributed by atoms with Crippen molar-refractivity contribution in [2.24, 2.45) is 0 Å². The molecular weight excluding hydrogens is 200 g/mol. The normalized spacial score (nSPS) is 10.8. The summed E-state index contributed by atoms with van der Waals surface area (Å²) in [7, 11) is 0. The summed E-state index contributed by atoms with van der Waals surface area (Å²) in [4.78, 5) is 0.819. The van der Waals surface area contributed by atoms with Crippen molar-refractivity contribution in [3.8, 4) is 11.3 Å². The van der Waals surface area contributed by atoms with Crippen LogP contribution in [0.15, 0.2) is 54.6 Å². The van der Waals surface area contributed by atoms with Gasteiger partial charge in [0.05, 0.1) is 10.9 Å². The molecule has 1 aromatic heterocycles. The second-order valence-corrected chi connectivity index (χ2v) is 3.67. The zero-order chi connectivity index (χ0) is 11.0. The van der Waals surface area contributed by atoms with Crippen LogP contribution in [0.3, 0.4) is 0 Å². The summed E-state index contributed by atoms with van der Waals surface area (Å²) >= 11 is 0.